The average Bonchev–Trinajstić information content (AvgIpc) is 3.04. The minimum absolute atomic E-state index is 0.0610. The van der Waals surface area contributed by atoms with Crippen LogP contribution < -0.4 is 4.74 Å². The van der Waals surface area contributed by atoms with Gasteiger partial charge in [0.25, 0.3) is 5.89 Å². The number of aromatic nitrogens is 2. The first-order chi connectivity index (χ1) is 11.8. The minimum atomic E-state index is -4.77. The summed E-state index contributed by atoms with van der Waals surface area (Å²) in [6, 6.07) is 10.9. The molecule has 0 atom stereocenters. The molecule has 2 aromatic carbocycles. The van der Waals surface area contributed by atoms with Crippen molar-refractivity contribution in [2.75, 3.05) is 0 Å². The fourth-order valence-electron chi connectivity index (χ4n) is 2.05. The zero-order valence-corrected chi connectivity index (χ0v) is 12.3. The van der Waals surface area contributed by atoms with Crippen molar-refractivity contribution in [3.05, 3.63) is 54.1 Å². The minimum Gasteiger partial charge on any atom is -0.478 e. The maximum absolute atomic E-state index is 12.1. The Kier molecular flexibility index (Phi) is 4.14. The van der Waals surface area contributed by atoms with Crippen LogP contribution in [0.4, 0.5) is 13.2 Å². The number of halogens is 3. The van der Waals surface area contributed by atoms with E-state index >= 15 is 0 Å². The molecule has 0 saturated heterocycles. The molecule has 0 aliphatic carbocycles. The molecular formula is C16H9F3N2O4. The smallest absolute Gasteiger partial charge is 0.478 e. The van der Waals surface area contributed by atoms with Crippen molar-refractivity contribution in [1.29, 1.82) is 0 Å². The molecule has 25 heavy (non-hydrogen) atoms. The maximum atomic E-state index is 12.1. The first-order valence-corrected chi connectivity index (χ1v) is 6.85. The fourth-order valence-corrected chi connectivity index (χ4v) is 2.05. The van der Waals surface area contributed by atoms with E-state index in [1.807, 2.05) is 0 Å². The molecule has 0 bridgehead atoms. The molecule has 3 aromatic rings. The number of ether oxygens (including phenoxy) is 1. The molecule has 0 saturated carbocycles. The molecule has 0 fully saturated rings. The number of nitrogens with zero attached hydrogens (tertiary/aromatic N) is 2. The van der Waals surface area contributed by atoms with E-state index in [0.29, 0.717) is 11.1 Å². The number of carbonyl (C=O) groups is 1. The van der Waals surface area contributed by atoms with Crippen molar-refractivity contribution in [2.24, 2.45) is 0 Å². The average molecular weight is 350 g/mol. The SMILES string of the molecule is O=C(O)c1cccc(-c2nc(-c3ccc(OC(F)(F)F)cc3)no2)c1. The molecule has 0 unspecified atom stereocenters. The molecule has 1 aromatic heterocycles. The second kappa shape index (κ2) is 6.27. The second-order valence-electron chi connectivity index (χ2n) is 4.88. The van der Waals surface area contributed by atoms with Gasteiger partial charge >= 0.3 is 12.3 Å². The lowest BCUT2D eigenvalue weighted by atomic mass is 10.1. The van der Waals surface area contributed by atoms with Crippen molar-refractivity contribution in [3.63, 3.8) is 0 Å². The summed E-state index contributed by atoms with van der Waals surface area (Å²) in [7, 11) is 0. The highest BCUT2D eigenvalue weighted by atomic mass is 19.4. The number of hydrogen-bond acceptors (Lipinski definition) is 5. The highest BCUT2D eigenvalue weighted by Gasteiger charge is 2.31. The van der Waals surface area contributed by atoms with Crippen molar-refractivity contribution in [2.45, 2.75) is 6.36 Å². The lowest BCUT2D eigenvalue weighted by Gasteiger charge is -2.08. The molecule has 9 heteroatoms. The van der Waals surface area contributed by atoms with Gasteiger partial charge in [-0.2, -0.15) is 4.98 Å². The number of hydrogen-bond donors (Lipinski definition) is 1. The molecule has 0 aliphatic heterocycles. The Morgan fingerprint density at radius 2 is 1.80 bits per heavy atom. The lowest BCUT2D eigenvalue weighted by molar-refractivity contribution is -0.274. The van der Waals surface area contributed by atoms with Crippen LogP contribution in [0, 0.1) is 0 Å². The highest BCUT2D eigenvalue weighted by Crippen LogP contribution is 2.27. The van der Waals surface area contributed by atoms with Gasteiger partial charge in [-0.15, -0.1) is 13.2 Å². The Balaban J connectivity index is 1.84. The highest BCUT2D eigenvalue weighted by molar-refractivity contribution is 5.89. The van der Waals surface area contributed by atoms with Gasteiger partial charge < -0.3 is 14.4 Å². The van der Waals surface area contributed by atoms with Crippen molar-refractivity contribution in [1.82, 2.24) is 10.1 Å². The third-order valence-electron chi connectivity index (χ3n) is 3.13. The van der Waals surface area contributed by atoms with E-state index in [-0.39, 0.29) is 23.0 Å². The Labute approximate surface area is 138 Å². The number of alkyl halides is 3. The summed E-state index contributed by atoms with van der Waals surface area (Å²) in [5, 5.41) is 12.7. The number of aromatic carboxylic acids is 1. The molecule has 0 spiro atoms. The summed E-state index contributed by atoms with van der Waals surface area (Å²) in [6.45, 7) is 0. The summed E-state index contributed by atoms with van der Waals surface area (Å²) in [5.74, 6) is -1.22. The van der Waals surface area contributed by atoms with Gasteiger partial charge in [0.15, 0.2) is 0 Å². The molecule has 3 rings (SSSR count). The van der Waals surface area contributed by atoms with Gasteiger partial charge in [0.1, 0.15) is 5.75 Å². The summed E-state index contributed by atoms with van der Waals surface area (Å²) in [4.78, 5) is 15.1. The zero-order chi connectivity index (χ0) is 18.0. The van der Waals surface area contributed by atoms with Gasteiger partial charge in [0.2, 0.25) is 5.82 Å². The van der Waals surface area contributed by atoms with Crippen LogP contribution in [0.25, 0.3) is 22.8 Å². The Hall–Kier alpha value is -3.36. The predicted molar refractivity (Wildman–Crippen MR) is 78.8 cm³/mol. The van der Waals surface area contributed by atoms with E-state index in [0.717, 1.165) is 12.1 Å². The van der Waals surface area contributed by atoms with Crippen LogP contribution in [0.5, 0.6) is 5.75 Å². The molecule has 0 aliphatic rings. The first kappa shape index (κ1) is 16.5. The fraction of sp³-hybridized carbons (Fsp3) is 0.0625. The van der Waals surface area contributed by atoms with E-state index in [2.05, 4.69) is 14.9 Å². The van der Waals surface area contributed by atoms with Crippen LogP contribution in [0.1, 0.15) is 10.4 Å². The monoisotopic (exact) mass is 350 g/mol. The summed E-state index contributed by atoms with van der Waals surface area (Å²) < 4.78 is 45.3. The van der Waals surface area contributed by atoms with Gasteiger partial charge in [-0.05, 0) is 42.5 Å². The topological polar surface area (TPSA) is 85.5 Å². The van der Waals surface area contributed by atoms with Crippen LogP contribution in [-0.2, 0) is 0 Å². The molecular weight excluding hydrogens is 341 g/mol. The van der Waals surface area contributed by atoms with Gasteiger partial charge in [0, 0.05) is 11.1 Å². The molecule has 6 nitrogen and oxygen atoms in total. The zero-order valence-electron chi connectivity index (χ0n) is 12.3. The number of rotatable bonds is 4. The van der Waals surface area contributed by atoms with Crippen molar-refractivity contribution in [3.8, 4) is 28.6 Å². The summed E-state index contributed by atoms with van der Waals surface area (Å²) in [5.41, 5.74) is 0.889. The van der Waals surface area contributed by atoms with Gasteiger partial charge in [-0.1, -0.05) is 11.2 Å². The van der Waals surface area contributed by atoms with Crippen molar-refractivity contribution < 1.29 is 32.3 Å². The predicted octanol–water partition coefficient (Wildman–Crippen LogP) is 4.00. The van der Waals surface area contributed by atoms with E-state index in [4.69, 9.17) is 9.63 Å². The number of benzene rings is 2. The van der Waals surface area contributed by atoms with E-state index in [1.165, 1.54) is 30.3 Å². The Morgan fingerprint density at radius 3 is 2.44 bits per heavy atom. The quantitative estimate of drug-likeness (QED) is 0.765. The van der Waals surface area contributed by atoms with Crippen LogP contribution in [0.15, 0.2) is 53.1 Å². The van der Waals surface area contributed by atoms with Gasteiger partial charge in [0.05, 0.1) is 5.56 Å². The Morgan fingerprint density at radius 1 is 1.08 bits per heavy atom. The van der Waals surface area contributed by atoms with Crippen LogP contribution in [0.3, 0.4) is 0 Å². The first-order valence-electron chi connectivity index (χ1n) is 6.85. The van der Waals surface area contributed by atoms with Crippen LogP contribution in [0.2, 0.25) is 0 Å². The largest absolute Gasteiger partial charge is 0.573 e. The van der Waals surface area contributed by atoms with E-state index in [1.54, 1.807) is 6.07 Å². The molecule has 0 amide bonds. The van der Waals surface area contributed by atoms with Gasteiger partial charge in [-0.3, -0.25) is 0 Å². The molecule has 1 N–H and O–H groups in total. The number of carboxylic acids is 1. The van der Waals surface area contributed by atoms with Crippen LogP contribution >= 0.6 is 0 Å². The molecule has 1 heterocycles. The summed E-state index contributed by atoms with van der Waals surface area (Å²) >= 11 is 0. The van der Waals surface area contributed by atoms with Gasteiger partial charge in [-0.25, -0.2) is 4.79 Å². The maximum Gasteiger partial charge on any atom is 0.573 e. The lowest BCUT2D eigenvalue weighted by Crippen LogP contribution is -2.16. The number of carboxylic acid groups (broad SMARTS) is 1. The third-order valence-corrected chi connectivity index (χ3v) is 3.13. The van der Waals surface area contributed by atoms with Crippen molar-refractivity contribution >= 4 is 5.97 Å². The molecule has 128 valence electrons. The standard InChI is InChI=1S/C16H9F3N2O4/c17-16(18,19)24-12-6-4-9(5-7-12)13-20-14(25-21-13)10-2-1-3-11(8-10)15(22)23/h1-8H,(H,22,23). The Bertz CT molecular complexity index is 904. The normalized spacial score (nSPS) is 11.3. The van der Waals surface area contributed by atoms with E-state index < -0.39 is 12.3 Å². The molecule has 0 radical (unpaired) electrons. The third kappa shape index (κ3) is 3.94. The van der Waals surface area contributed by atoms with E-state index in [9.17, 15) is 18.0 Å². The summed E-state index contributed by atoms with van der Waals surface area (Å²) in [6.07, 6.45) is -4.77. The van der Waals surface area contributed by atoms with Crippen LogP contribution in [-0.4, -0.2) is 27.6 Å². The second-order valence-corrected chi connectivity index (χ2v) is 4.88.